The predicted octanol–water partition coefficient (Wildman–Crippen LogP) is 3.44. The van der Waals surface area contributed by atoms with Gasteiger partial charge in [-0.05, 0) is 36.6 Å². The van der Waals surface area contributed by atoms with Crippen molar-refractivity contribution in [2.45, 2.75) is 33.2 Å². The molecular formula is C15H22N2O3. The van der Waals surface area contributed by atoms with Gasteiger partial charge >= 0.3 is 5.69 Å². The van der Waals surface area contributed by atoms with E-state index in [1.54, 1.807) is 12.1 Å². The molecule has 0 aliphatic heterocycles. The number of ether oxygens (including phenoxy) is 1. The Labute approximate surface area is 119 Å². The molecule has 0 amide bonds. The van der Waals surface area contributed by atoms with Gasteiger partial charge < -0.3 is 10.1 Å². The summed E-state index contributed by atoms with van der Waals surface area (Å²) in [5, 5.41) is 14.3. The van der Waals surface area contributed by atoms with E-state index in [1.807, 2.05) is 13.0 Å². The Bertz CT molecular complexity index is 472. The summed E-state index contributed by atoms with van der Waals surface area (Å²) in [6, 6.07) is 5.07. The number of hydrogen-bond donors (Lipinski definition) is 1. The molecule has 1 aromatic rings. The van der Waals surface area contributed by atoms with Gasteiger partial charge in [-0.1, -0.05) is 26.5 Å². The molecule has 0 radical (unpaired) electrons. The highest BCUT2D eigenvalue weighted by atomic mass is 16.6. The van der Waals surface area contributed by atoms with Gasteiger partial charge in [0.1, 0.15) is 6.61 Å². The molecule has 0 bridgehead atoms. The second-order valence-corrected chi connectivity index (χ2v) is 4.63. The SMILES string of the molecule is C=C(CC)COc1ccc(CNCCC)cc1[N+](=O)[O-]. The topological polar surface area (TPSA) is 64.4 Å². The number of nitrogens with one attached hydrogen (secondary N) is 1. The third kappa shape index (κ3) is 5.01. The lowest BCUT2D eigenvalue weighted by atomic mass is 10.2. The normalized spacial score (nSPS) is 10.3. The summed E-state index contributed by atoms with van der Waals surface area (Å²) in [6.45, 7) is 9.70. The van der Waals surface area contributed by atoms with Crippen LogP contribution in [-0.4, -0.2) is 18.1 Å². The van der Waals surface area contributed by atoms with Crippen LogP contribution >= 0.6 is 0 Å². The van der Waals surface area contributed by atoms with Gasteiger partial charge in [-0.15, -0.1) is 0 Å². The van der Waals surface area contributed by atoms with E-state index < -0.39 is 4.92 Å². The molecule has 1 rings (SSSR count). The number of hydrogen-bond acceptors (Lipinski definition) is 4. The van der Waals surface area contributed by atoms with Crippen LogP contribution < -0.4 is 10.1 Å². The summed E-state index contributed by atoms with van der Waals surface area (Å²) in [7, 11) is 0. The summed E-state index contributed by atoms with van der Waals surface area (Å²) in [5.74, 6) is 0.295. The Kier molecular flexibility index (Phi) is 6.73. The molecule has 20 heavy (non-hydrogen) atoms. The molecule has 5 nitrogen and oxygen atoms in total. The van der Waals surface area contributed by atoms with Crippen LogP contribution in [0.1, 0.15) is 32.3 Å². The van der Waals surface area contributed by atoms with Gasteiger partial charge in [-0.3, -0.25) is 10.1 Å². The summed E-state index contributed by atoms with van der Waals surface area (Å²) in [6.07, 6.45) is 1.83. The first kappa shape index (κ1) is 16.2. The lowest BCUT2D eigenvalue weighted by Gasteiger charge is -2.09. The molecule has 110 valence electrons. The van der Waals surface area contributed by atoms with Crippen molar-refractivity contribution in [2.75, 3.05) is 13.2 Å². The van der Waals surface area contributed by atoms with Crippen molar-refractivity contribution in [3.05, 3.63) is 46.0 Å². The minimum atomic E-state index is -0.409. The number of nitrogens with zero attached hydrogens (tertiary/aromatic N) is 1. The van der Waals surface area contributed by atoms with Crippen LogP contribution in [0.3, 0.4) is 0 Å². The van der Waals surface area contributed by atoms with Crippen LogP contribution in [0.2, 0.25) is 0 Å². The molecule has 0 fully saturated rings. The molecule has 0 saturated carbocycles. The summed E-state index contributed by atoms with van der Waals surface area (Å²) in [5.41, 5.74) is 1.80. The Morgan fingerprint density at radius 3 is 2.80 bits per heavy atom. The molecule has 0 heterocycles. The van der Waals surface area contributed by atoms with Crippen molar-refractivity contribution in [2.24, 2.45) is 0 Å². The fraction of sp³-hybridized carbons (Fsp3) is 0.467. The van der Waals surface area contributed by atoms with E-state index >= 15 is 0 Å². The maximum atomic E-state index is 11.1. The molecule has 0 spiro atoms. The van der Waals surface area contributed by atoms with Crippen LogP contribution in [0, 0.1) is 10.1 Å². The van der Waals surface area contributed by atoms with Crippen LogP contribution in [0.4, 0.5) is 5.69 Å². The Morgan fingerprint density at radius 1 is 1.45 bits per heavy atom. The van der Waals surface area contributed by atoms with Gasteiger partial charge in [-0.25, -0.2) is 0 Å². The lowest BCUT2D eigenvalue weighted by Crippen LogP contribution is -2.14. The maximum absolute atomic E-state index is 11.1. The van der Waals surface area contributed by atoms with Crippen LogP contribution in [0.15, 0.2) is 30.4 Å². The Hall–Kier alpha value is -1.88. The molecule has 0 atom stereocenters. The summed E-state index contributed by atoms with van der Waals surface area (Å²) >= 11 is 0. The average molecular weight is 278 g/mol. The highest BCUT2D eigenvalue weighted by Gasteiger charge is 2.16. The van der Waals surface area contributed by atoms with Crippen LogP contribution in [-0.2, 0) is 6.54 Å². The smallest absolute Gasteiger partial charge is 0.311 e. The van der Waals surface area contributed by atoms with Gasteiger partial charge in [0.2, 0.25) is 0 Å². The van der Waals surface area contributed by atoms with Crippen molar-refractivity contribution >= 4 is 5.69 Å². The second-order valence-electron chi connectivity index (χ2n) is 4.63. The second kappa shape index (κ2) is 8.32. The maximum Gasteiger partial charge on any atom is 0.311 e. The van der Waals surface area contributed by atoms with Crippen molar-refractivity contribution in [1.82, 2.24) is 5.32 Å². The fourth-order valence-electron chi connectivity index (χ4n) is 1.63. The quantitative estimate of drug-likeness (QED) is 0.325. The number of benzene rings is 1. The van der Waals surface area contributed by atoms with Crippen molar-refractivity contribution in [1.29, 1.82) is 0 Å². The predicted molar refractivity (Wildman–Crippen MR) is 80.0 cm³/mol. The third-order valence-corrected chi connectivity index (χ3v) is 2.91. The highest BCUT2D eigenvalue weighted by molar-refractivity contribution is 5.48. The van der Waals surface area contributed by atoms with Crippen LogP contribution in [0.25, 0.3) is 0 Å². The number of nitro benzene ring substituents is 1. The number of nitro groups is 1. The third-order valence-electron chi connectivity index (χ3n) is 2.91. The van der Waals surface area contributed by atoms with E-state index in [2.05, 4.69) is 18.8 Å². The van der Waals surface area contributed by atoms with Crippen molar-refractivity contribution in [3.63, 3.8) is 0 Å². The fourth-order valence-corrected chi connectivity index (χ4v) is 1.63. The molecule has 5 heteroatoms. The Morgan fingerprint density at radius 2 is 2.20 bits per heavy atom. The summed E-state index contributed by atoms with van der Waals surface area (Å²) < 4.78 is 5.47. The molecule has 1 N–H and O–H groups in total. The first-order chi connectivity index (χ1) is 9.58. The van der Waals surface area contributed by atoms with E-state index in [9.17, 15) is 10.1 Å². The minimum Gasteiger partial charge on any atom is -0.482 e. The van der Waals surface area contributed by atoms with Gasteiger partial charge in [-0.2, -0.15) is 0 Å². The standard InChI is InChI=1S/C15H22N2O3/c1-4-8-16-10-13-6-7-15(14(9-13)17(18)19)20-11-12(3)5-2/h6-7,9,16H,3-5,8,10-11H2,1-2H3. The van der Waals surface area contributed by atoms with Gasteiger partial charge in [0.05, 0.1) is 4.92 Å². The Balaban J connectivity index is 2.79. The molecular weight excluding hydrogens is 256 g/mol. The van der Waals surface area contributed by atoms with Gasteiger partial charge in [0, 0.05) is 12.6 Å². The molecule has 1 aromatic carbocycles. The zero-order chi connectivity index (χ0) is 15.0. The van der Waals surface area contributed by atoms with Crippen LogP contribution in [0.5, 0.6) is 5.75 Å². The van der Waals surface area contributed by atoms with Crippen molar-refractivity contribution in [3.8, 4) is 5.75 Å². The van der Waals surface area contributed by atoms with Crippen molar-refractivity contribution < 1.29 is 9.66 Å². The zero-order valence-electron chi connectivity index (χ0n) is 12.1. The molecule has 0 aliphatic carbocycles. The first-order valence-corrected chi connectivity index (χ1v) is 6.86. The van der Waals surface area contributed by atoms with E-state index in [0.29, 0.717) is 18.9 Å². The van der Waals surface area contributed by atoms with Gasteiger partial charge in [0.15, 0.2) is 5.75 Å². The zero-order valence-corrected chi connectivity index (χ0v) is 12.1. The molecule has 0 saturated heterocycles. The largest absolute Gasteiger partial charge is 0.482 e. The van der Waals surface area contributed by atoms with E-state index in [1.165, 1.54) is 0 Å². The molecule has 0 aliphatic rings. The monoisotopic (exact) mass is 278 g/mol. The van der Waals surface area contributed by atoms with E-state index in [4.69, 9.17) is 4.74 Å². The molecule has 0 aromatic heterocycles. The minimum absolute atomic E-state index is 0.00435. The first-order valence-electron chi connectivity index (χ1n) is 6.86. The van der Waals surface area contributed by atoms with E-state index in [-0.39, 0.29) is 5.69 Å². The average Bonchev–Trinajstić information content (AvgIpc) is 2.45. The molecule has 0 unspecified atom stereocenters. The summed E-state index contributed by atoms with van der Waals surface area (Å²) in [4.78, 5) is 10.7. The highest BCUT2D eigenvalue weighted by Crippen LogP contribution is 2.28. The lowest BCUT2D eigenvalue weighted by molar-refractivity contribution is -0.385. The van der Waals surface area contributed by atoms with E-state index in [0.717, 1.165) is 30.5 Å². The van der Waals surface area contributed by atoms with Gasteiger partial charge in [0.25, 0.3) is 0 Å². The number of rotatable bonds is 9.